The van der Waals surface area contributed by atoms with Crippen LogP contribution in [-0.2, 0) is 20.7 Å². The highest BCUT2D eigenvalue weighted by Crippen LogP contribution is 2.38. The maximum Gasteiger partial charge on any atom is 0.310 e. The fourth-order valence-corrected chi connectivity index (χ4v) is 2.97. The third-order valence-electron chi connectivity index (χ3n) is 3.86. The van der Waals surface area contributed by atoms with E-state index < -0.39 is 5.97 Å². The molecule has 0 N–H and O–H groups in total. The van der Waals surface area contributed by atoms with E-state index in [1.165, 1.54) is 6.92 Å². The molecule has 0 radical (unpaired) electrons. The zero-order chi connectivity index (χ0) is 17.1. The lowest BCUT2D eigenvalue weighted by Crippen LogP contribution is -2.11. The summed E-state index contributed by atoms with van der Waals surface area (Å²) < 4.78 is 10.6. The fraction of sp³-hybridized carbons (Fsp3) is 0.200. The van der Waals surface area contributed by atoms with Gasteiger partial charge in [0.15, 0.2) is 0 Å². The summed E-state index contributed by atoms with van der Waals surface area (Å²) in [6.07, 6.45) is 0.0573. The number of benzene rings is 3. The second kappa shape index (κ2) is 6.71. The van der Waals surface area contributed by atoms with Gasteiger partial charge in [-0.2, -0.15) is 0 Å². The molecule has 0 atom stereocenters. The smallest absolute Gasteiger partial charge is 0.310 e. The summed E-state index contributed by atoms with van der Waals surface area (Å²) >= 11 is 0. The molecule has 0 fully saturated rings. The van der Waals surface area contributed by atoms with Crippen molar-refractivity contribution in [3.63, 3.8) is 0 Å². The molecule has 0 heterocycles. The minimum absolute atomic E-state index is 0.0573. The Morgan fingerprint density at radius 3 is 2.00 bits per heavy atom. The van der Waals surface area contributed by atoms with E-state index in [0.29, 0.717) is 17.9 Å². The SMILES string of the molecule is CCOC(=O)Cc1c(OC(C)=O)c2ccccc2c2ccccc12. The van der Waals surface area contributed by atoms with E-state index >= 15 is 0 Å². The zero-order valence-electron chi connectivity index (χ0n) is 13.7. The molecule has 24 heavy (non-hydrogen) atoms. The average molecular weight is 322 g/mol. The van der Waals surface area contributed by atoms with Crippen LogP contribution in [0.1, 0.15) is 19.4 Å². The monoisotopic (exact) mass is 322 g/mol. The van der Waals surface area contributed by atoms with Gasteiger partial charge in [-0.15, -0.1) is 0 Å². The first-order valence-corrected chi connectivity index (χ1v) is 7.88. The molecule has 0 aliphatic carbocycles. The van der Waals surface area contributed by atoms with Crippen LogP contribution < -0.4 is 4.74 Å². The largest absolute Gasteiger partial charge is 0.466 e. The van der Waals surface area contributed by atoms with E-state index in [4.69, 9.17) is 9.47 Å². The normalized spacial score (nSPS) is 10.8. The number of carbonyl (C=O) groups excluding carboxylic acids is 2. The Morgan fingerprint density at radius 1 is 0.875 bits per heavy atom. The minimum Gasteiger partial charge on any atom is -0.466 e. The molecule has 122 valence electrons. The first-order valence-electron chi connectivity index (χ1n) is 7.88. The van der Waals surface area contributed by atoms with Gasteiger partial charge in [0.05, 0.1) is 13.0 Å². The number of carbonyl (C=O) groups is 2. The van der Waals surface area contributed by atoms with Crippen LogP contribution in [0.15, 0.2) is 48.5 Å². The molecule has 0 aromatic heterocycles. The summed E-state index contributed by atoms with van der Waals surface area (Å²) in [6.45, 7) is 3.44. The molecular formula is C20H18O4. The number of fused-ring (bicyclic) bond motifs is 3. The number of hydrogen-bond donors (Lipinski definition) is 0. The first-order chi connectivity index (χ1) is 11.6. The van der Waals surface area contributed by atoms with E-state index in [2.05, 4.69) is 0 Å². The molecule has 0 aliphatic heterocycles. The average Bonchev–Trinajstić information content (AvgIpc) is 2.58. The second-order valence-corrected chi connectivity index (χ2v) is 5.47. The molecule has 0 saturated carbocycles. The van der Waals surface area contributed by atoms with Crippen LogP contribution in [0.4, 0.5) is 0 Å². The Labute approximate surface area is 140 Å². The highest BCUT2D eigenvalue weighted by atomic mass is 16.5. The van der Waals surface area contributed by atoms with Crippen LogP contribution in [0, 0.1) is 0 Å². The minimum atomic E-state index is -0.416. The molecule has 0 bridgehead atoms. The third kappa shape index (κ3) is 2.95. The lowest BCUT2D eigenvalue weighted by atomic mass is 9.94. The number of rotatable bonds is 4. The molecular weight excluding hydrogens is 304 g/mol. The second-order valence-electron chi connectivity index (χ2n) is 5.47. The van der Waals surface area contributed by atoms with Crippen LogP contribution in [0.3, 0.4) is 0 Å². The first kappa shape index (κ1) is 16.0. The lowest BCUT2D eigenvalue weighted by molar-refractivity contribution is -0.142. The predicted octanol–water partition coefficient (Wildman–Crippen LogP) is 4.02. The predicted molar refractivity (Wildman–Crippen MR) is 93.1 cm³/mol. The summed E-state index contributed by atoms with van der Waals surface area (Å²) in [6, 6.07) is 15.5. The topological polar surface area (TPSA) is 52.6 Å². The van der Waals surface area contributed by atoms with Gasteiger partial charge in [0.1, 0.15) is 5.75 Å². The van der Waals surface area contributed by atoms with Crippen LogP contribution in [0.5, 0.6) is 5.75 Å². The molecule has 4 nitrogen and oxygen atoms in total. The zero-order valence-corrected chi connectivity index (χ0v) is 13.7. The Morgan fingerprint density at radius 2 is 1.42 bits per heavy atom. The molecule has 0 amide bonds. The van der Waals surface area contributed by atoms with Crippen LogP contribution in [0.25, 0.3) is 21.5 Å². The summed E-state index contributed by atoms with van der Waals surface area (Å²) in [5.41, 5.74) is 0.679. The summed E-state index contributed by atoms with van der Waals surface area (Å²) in [5.74, 6) is -0.322. The van der Waals surface area contributed by atoms with Crippen LogP contribution >= 0.6 is 0 Å². The number of hydrogen-bond acceptors (Lipinski definition) is 4. The van der Waals surface area contributed by atoms with Gasteiger partial charge < -0.3 is 9.47 Å². The third-order valence-corrected chi connectivity index (χ3v) is 3.86. The van der Waals surface area contributed by atoms with E-state index in [1.54, 1.807) is 6.92 Å². The molecule has 3 aromatic rings. The van der Waals surface area contributed by atoms with Crippen LogP contribution in [-0.4, -0.2) is 18.5 Å². The van der Waals surface area contributed by atoms with E-state index in [0.717, 1.165) is 21.5 Å². The van der Waals surface area contributed by atoms with Crippen molar-refractivity contribution in [2.75, 3.05) is 6.61 Å². The molecule has 0 spiro atoms. The molecule has 0 saturated heterocycles. The molecule has 3 aromatic carbocycles. The number of esters is 2. The summed E-state index contributed by atoms with van der Waals surface area (Å²) in [4.78, 5) is 23.7. The maximum atomic E-state index is 12.1. The lowest BCUT2D eigenvalue weighted by Gasteiger charge is -2.16. The Kier molecular flexibility index (Phi) is 4.47. The standard InChI is InChI=1S/C20H18O4/c1-3-23-19(22)12-18-16-10-5-4-8-14(16)15-9-6-7-11-17(15)20(18)24-13(2)21/h4-11H,3,12H2,1-2H3. The van der Waals surface area contributed by atoms with Crippen molar-refractivity contribution in [1.82, 2.24) is 0 Å². The van der Waals surface area contributed by atoms with Gasteiger partial charge in [-0.05, 0) is 23.1 Å². The fourth-order valence-electron chi connectivity index (χ4n) is 2.97. The Balaban J connectivity index is 2.34. The van der Waals surface area contributed by atoms with Crippen molar-refractivity contribution in [1.29, 1.82) is 0 Å². The van der Waals surface area contributed by atoms with Gasteiger partial charge in [-0.1, -0.05) is 48.5 Å². The van der Waals surface area contributed by atoms with E-state index in [-0.39, 0.29) is 12.4 Å². The molecule has 0 aliphatic rings. The van der Waals surface area contributed by atoms with Crippen molar-refractivity contribution in [3.05, 3.63) is 54.1 Å². The quantitative estimate of drug-likeness (QED) is 0.413. The van der Waals surface area contributed by atoms with Gasteiger partial charge in [0, 0.05) is 17.9 Å². The number of ether oxygens (including phenoxy) is 2. The van der Waals surface area contributed by atoms with Crippen molar-refractivity contribution in [3.8, 4) is 5.75 Å². The van der Waals surface area contributed by atoms with E-state index in [9.17, 15) is 9.59 Å². The van der Waals surface area contributed by atoms with Crippen molar-refractivity contribution in [2.24, 2.45) is 0 Å². The Bertz CT molecular complexity index is 927. The van der Waals surface area contributed by atoms with Crippen molar-refractivity contribution < 1.29 is 19.1 Å². The maximum absolute atomic E-state index is 12.1. The van der Waals surface area contributed by atoms with Gasteiger partial charge in [-0.25, -0.2) is 0 Å². The van der Waals surface area contributed by atoms with Gasteiger partial charge in [0.25, 0.3) is 0 Å². The molecule has 0 unspecified atom stereocenters. The van der Waals surface area contributed by atoms with Crippen molar-refractivity contribution >= 4 is 33.5 Å². The highest BCUT2D eigenvalue weighted by Gasteiger charge is 2.19. The van der Waals surface area contributed by atoms with Gasteiger partial charge in [-0.3, -0.25) is 9.59 Å². The summed E-state index contributed by atoms with van der Waals surface area (Å²) in [5, 5.41) is 3.70. The molecule has 4 heteroatoms. The summed E-state index contributed by atoms with van der Waals surface area (Å²) in [7, 11) is 0. The van der Waals surface area contributed by atoms with Crippen molar-refractivity contribution in [2.45, 2.75) is 20.3 Å². The van der Waals surface area contributed by atoms with E-state index in [1.807, 2.05) is 48.5 Å². The molecule has 3 rings (SSSR count). The van der Waals surface area contributed by atoms with Crippen LogP contribution in [0.2, 0.25) is 0 Å². The highest BCUT2D eigenvalue weighted by molar-refractivity contribution is 6.13. The van der Waals surface area contributed by atoms with Gasteiger partial charge >= 0.3 is 11.9 Å². The van der Waals surface area contributed by atoms with Gasteiger partial charge in [0.2, 0.25) is 0 Å². The Hall–Kier alpha value is -2.88.